The molecule has 0 saturated carbocycles. The Hall–Kier alpha value is -1.29. The maximum absolute atomic E-state index is 11.5. The highest BCUT2D eigenvalue weighted by atomic mass is 79.9. The van der Waals surface area contributed by atoms with E-state index in [0.717, 1.165) is 28.8 Å². The van der Waals surface area contributed by atoms with E-state index in [9.17, 15) is 4.79 Å². The quantitative estimate of drug-likeness (QED) is 0.849. The summed E-state index contributed by atoms with van der Waals surface area (Å²) in [4.78, 5) is 11.5. The molecule has 1 amide bonds. The van der Waals surface area contributed by atoms with Gasteiger partial charge in [-0.1, -0.05) is 22.0 Å². The van der Waals surface area contributed by atoms with E-state index in [0.29, 0.717) is 19.4 Å². The molecule has 1 aromatic rings. The SMILES string of the molecule is C=CCCC(=O)NCc1cc(Br)cc2c1OCC2. The third-order valence-electron chi connectivity index (χ3n) is 2.88. The molecule has 0 fully saturated rings. The van der Waals surface area contributed by atoms with E-state index in [1.54, 1.807) is 6.08 Å². The average molecular weight is 310 g/mol. The Morgan fingerprint density at radius 1 is 1.56 bits per heavy atom. The third kappa shape index (κ3) is 3.13. The lowest BCUT2D eigenvalue weighted by molar-refractivity contribution is -0.121. The molecule has 4 heteroatoms. The molecule has 0 aromatic heterocycles. The van der Waals surface area contributed by atoms with E-state index in [1.807, 2.05) is 6.07 Å². The van der Waals surface area contributed by atoms with Gasteiger partial charge in [0, 0.05) is 29.4 Å². The van der Waals surface area contributed by atoms with Gasteiger partial charge in [-0.3, -0.25) is 4.79 Å². The number of rotatable bonds is 5. The molecule has 1 aromatic carbocycles. The van der Waals surface area contributed by atoms with Crippen LogP contribution in [0.4, 0.5) is 0 Å². The Labute approximate surface area is 115 Å². The Kier molecular flexibility index (Phi) is 4.42. The zero-order valence-electron chi connectivity index (χ0n) is 10.2. The summed E-state index contributed by atoms with van der Waals surface area (Å²) in [5, 5.41) is 2.90. The molecule has 0 spiro atoms. The summed E-state index contributed by atoms with van der Waals surface area (Å²) >= 11 is 3.48. The number of benzene rings is 1. The van der Waals surface area contributed by atoms with Crippen molar-refractivity contribution in [1.29, 1.82) is 0 Å². The molecule has 0 radical (unpaired) electrons. The molecule has 0 bridgehead atoms. The standard InChI is InChI=1S/C14H16BrNO2/c1-2-3-4-13(17)16-9-11-8-12(15)7-10-5-6-18-14(10)11/h2,7-8H,1,3-6,9H2,(H,16,17). The topological polar surface area (TPSA) is 38.3 Å². The van der Waals surface area contributed by atoms with Crippen LogP contribution in [0.25, 0.3) is 0 Å². The van der Waals surface area contributed by atoms with Crippen LogP contribution in [-0.4, -0.2) is 12.5 Å². The second-order valence-corrected chi connectivity index (χ2v) is 5.17. The van der Waals surface area contributed by atoms with Crippen molar-refractivity contribution in [3.8, 4) is 5.75 Å². The number of allylic oxidation sites excluding steroid dienone is 1. The van der Waals surface area contributed by atoms with Gasteiger partial charge in [0.15, 0.2) is 0 Å². The molecule has 0 unspecified atom stereocenters. The predicted octanol–water partition coefficient (Wildman–Crippen LogP) is 2.97. The fourth-order valence-corrected chi connectivity index (χ4v) is 2.55. The van der Waals surface area contributed by atoms with Gasteiger partial charge in [0.2, 0.25) is 5.91 Å². The summed E-state index contributed by atoms with van der Waals surface area (Å²) in [5.41, 5.74) is 2.24. The van der Waals surface area contributed by atoms with E-state index in [-0.39, 0.29) is 5.91 Å². The first-order valence-electron chi connectivity index (χ1n) is 6.02. The van der Waals surface area contributed by atoms with Gasteiger partial charge in [-0.05, 0) is 24.1 Å². The molecular formula is C14H16BrNO2. The highest BCUT2D eigenvalue weighted by molar-refractivity contribution is 9.10. The summed E-state index contributed by atoms with van der Waals surface area (Å²) < 4.78 is 6.64. The molecule has 1 aliphatic heterocycles. The molecule has 0 saturated heterocycles. The summed E-state index contributed by atoms with van der Waals surface area (Å²) in [6.45, 7) is 4.84. The van der Waals surface area contributed by atoms with Gasteiger partial charge >= 0.3 is 0 Å². The van der Waals surface area contributed by atoms with Gasteiger partial charge in [-0.2, -0.15) is 0 Å². The van der Waals surface area contributed by atoms with Crippen molar-refractivity contribution < 1.29 is 9.53 Å². The molecular weight excluding hydrogens is 294 g/mol. The first-order chi connectivity index (χ1) is 8.70. The normalized spacial score (nSPS) is 12.7. The first-order valence-corrected chi connectivity index (χ1v) is 6.81. The van der Waals surface area contributed by atoms with Crippen LogP contribution >= 0.6 is 15.9 Å². The van der Waals surface area contributed by atoms with E-state index in [2.05, 4.69) is 33.9 Å². The lowest BCUT2D eigenvalue weighted by Crippen LogP contribution is -2.22. The summed E-state index contributed by atoms with van der Waals surface area (Å²) in [5.74, 6) is 0.976. The number of fused-ring (bicyclic) bond motifs is 1. The number of carbonyl (C=O) groups excluding carboxylic acids is 1. The minimum atomic E-state index is 0.0432. The van der Waals surface area contributed by atoms with Crippen molar-refractivity contribution in [2.75, 3.05) is 6.61 Å². The van der Waals surface area contributed by atoms with Crippen LogP contribution in [0.2, 0.25) is 0 Å². The number of halogens is 1. The largest absolute Gasteiger partial charge is 0.493 e. The molecule has 96 valence electrons. The molecule has 1 N–H and O–H groups in total. The van der Waals surface area contributed by atoms with Crippen LogP contribution in [0.15, 0.2) is 29.3 Å². The van der Waals surface area contributed by atoms with Crippen molar-refractivity contribution in [3.63, 3.8) is 0 Å². The first kappa shape index (κ1) is 13.1. The van der Waals surface area contributed by atoms with Gasteiger partial charge in [0.25, 0.3) is 0 Å². The average Bonchev–Trinajstić information content (AvgIpc) is 2.81. The van der Waals surface area contributed by atoms with Crippen molar-refractivity contribution in [2.24, 2.45) is 0 Å². The fourth-order valence-electron chi connectivity index (χ4n) is 1.99. The maximum Gasteiger partial charge on any atom is 0.220 e. The van der Waals surface area contributed by atoms with E-state index in [1.165, 1.54) is 5.56 Å². The number of hydrogen-bond acceptors (Lipinski definition) is 2. The maximum atomic E-state index is 11.5. The molecule has 3 nitrogen and oxygen atoms in total. The zero-order valence-corrected chi connectivity index (χ0v) is 11.8. The Balaban J connectivity index is 2.01. The molecule has 0 atom stereocenters. The van der Waals surface area contributed by atoms with E-state index in [4.69, 9.17) is 4.74 Å². The molecule has 2 rings (SSSR count). The number of hydrogen-bond donors (Lipinski definition) is 1. The third-order valence-corrected chi connectivity index (χ3v) is 3.33. The van der Waals surface area contributed by atoms with Crippen LogP contribution in [-0.2, 0) is 17.8 Å². The number of carbonyl (C=O) groups is 1. The summed E-state index contributed by atoms with van der Waals surface area (Å²) in [6.07, 6.45) is 3.88. The van der Waals surface area contributed by atoms with Crippen molar-refractivity contribution in [1.82, 2.24) is 5.32 Å². The Morgan fingerprint density at radius 2 is 2.39 bits per heavy atom. The van der Waals surface area contributed by atoms with Crippen LogP contribution in [0, 0.1) is 0 Å². The zero-order chi connectivity index (χ0) is 13.0. The number of nitrogens with one attached hydrogen (secondary N) is 1. The second-order valence-electron chi connectivity index (χ2n) is 4.26. The van der Waals surface area contributed by atoms with Crippen molar-refractivity contribution in [3.05, 3.63) is 40.4 Å². The van der Waals surface area contributed by atoms with Crippen LogP contribution in [0.1, 0.15) is 24.0 Å². The summed E-state index contributed by atoms with van der Waals surface area (Å²) in [6, 6.07) is 4.07. The number of ether oxygens (including phenoxy) is 1. The lowest BCUT2D eigenvalue weighted by Gasteiger charge is -2.10. The minimum absolute atomic E-state index is 0.0432. The molecule has 0 aliphatic carbocycles. The van der Waals surface area contributed by atoms with Gasteiger partial charge < -0.3 is 10.1 Å². The van der Waals surface area contributed by atoms with Gasteiger partial charge in [0.1, 0.15) is 5.75 Å². The summed E-state index contributed by atoms with van der Waals surface area (Å²) in [7, 11) is 0. The van der Waals surface area contributed by atoms with Crippen LogP contribution in [0.5, 0.6) is 5.75 Å². The predicted molar refractivity (Wildman–Crippen MR) is 74.6 cm³/mol. The molecule has 1 heterocycles. The van der Waals surface area contributed by atoms with Crippen LogP contribution < -0.4 is 10.1 Å². The Bertz CT molecular complexity index is 471. The highest BCUT2D eigenvalue weighted by Crippen LogP contribution is 2.32. The minimum Gasteiger partial charge on any atom is -0.493 e. The smallest absolute Gasteiger partial charge is 0.220 e. The van der Waals surface area contributed by atoms with Gasteiger partial charge in [0.05, 0.1) is 6.61 Å². The van der Waals surface area contributed by atoms with E-state index >= 15 is 0 Å². The number of amides is 1. The highest BCUT2D eigenvalue weighted by Gasteiger charge is 2.17. The van der Waals surface area contributed by atoms with Crippen molar-refractivity contribution in [2.45, 2.75) is 25.8 Å². The lowest BCUT2D eigenvalue weighted by atomic mass is 10.1. The Morgan fingerprint density at radius 3 is 3.17 bits per heavy atom. The second kappa shape index (κ2) is 6.05. The van der Waals surface area contributed by atoms with Gasteiger partial charge in [-0.25, -0.2) is 0 Å². The van der Waals surface area contributed by atoms with Crippen molar-refractivity contribution >= 4 is 21.8 Å². The fraction of sp³-hybridized carbons (Fsp3) is 0.357. The van der Waals surface area contributed by atoms with Crippen LogP contribution in [0.3, 0.4) is 0 Å². The van der Waals surface area contributed by atoms with E-state index < -0.39 is 0 Å². The molecule has 1 aliphatic rings. The molecule has 18 heavy (non-hydrogen) atoms. The monoisotopic (exact) mass is 309 g/mol. The van der Waals surface area contributed by atoms with Gasteiger partial charge in [-0.15, -0.1) is 6.58 Å².